The van der Waals surface area contributed by atoms with Crippen molar-refractivity contribution in [3.63, 3.8) is 0 Å². The molecule has 0 aliphatic rings. The van der Waals surface area contributed by atoms with E-state index in [0.717, 1.165) is 10.8 Å². The van der Waals surface area contributed by atoms with E-state index in [-0.39, 0.29) is 5.82 Å². The van der Waals surface area contributed by atoms with Crippen molar-refractivity contribution in [2.75, 3.05) is 12.8 Å². The molecule has 2 aromatic heterocycles. The molecule has 0 aliphatic heterocycles. The van der Waals surface area contributed by atoms with E-state index in [2.05, 4.69) is 24.9 Å². The maximum Gasteiger partial charge on any atom is 0.233 e. The summed E-state index contributed by atoms with van der Waals surface area (Å²) in [7, 11) is 1.44. The quantitative estimate of drug-likeness (QED) is 0.586. The highest BCUT2D eigenvalue weighted by Crippen LogP contribution is 2.30. The first-order chi connectivity index (χ1) is 10.8. The number of benzene rings is 1. The van der Waals surface area contributed by atoms with Gasteiger partial charge in [-0.3, -0.25) is 4.98 Å². The lowest BCUT2D eigenvalue weighted by molar-refractivity contribution is 0.215. The highest BCUT2D eigenvalue weighted by molar-refractivity contribution is 5.90. The van der Waals surface area contributed by atoms with Gasteiger partial charge in [0.15, 0.2) is 0 Å². The minimum absolute atomic E-state index is 0.257. The van der Waals surface area contributed by atoms with Crippen LogP contribution in [0.15, 0.2) is 48.1 Å². The van der Waals surface area contributed by atoms with E-state index >= 15 is 0 Å². The van der Waals surface area contributed by atoms with Crippen molar-refractivity contribution in [1.29, 1.82) is 0 Å². The summed E-state index contributed by atoms with van der Waals surface area (Å²) in [4.78, 5) is 16.8. The topological polar surface area (TPSA) is 95.5 Å². The van der Waals surface area contributed by atoms with Gasteiger partial charge in [0.25, 0.3) is 0 Å². The zero-order chi connectivity index (χ0) is 15.4. The third-order valence-electron chi connectivity index (χ3n) is 3.01. The molecule has 3 aromatic rings. The Morgan fingerprint density at radius 3 is 3.00 bits per heavy atom. The SMILES string of the molecule is CO/N=C/c1c(N)ncnc1Oc1cccc2cnccc12. The van der Waals surface area contributed by atoms with Crippen molar-refractivity contribution < 1.29 is 9.57 Å². The largest absolute Gasteiger partial charge is 0.437 e. The molecule has 2 N–H and O–H groups in total. The Balaban J connectivity index is 2.06. The van der Waals surface area contributed by atoms with E-state index in [0.29, 0.717) is 17.2 Å². The third kappa shape index (κ3) is 2.64. The Bertz CT molecular complexity index is 830. The Labute approximate surface area is 126 Å². The van der Waals surface area contributed by atoms with Crippen LogP contribution in [-0.2, 0) is 4.84 Å². The monoisotopic (exact) mass is 295 g/mol. The second-order valence-electron chi connectivity index (χ2n) is 4.35. The van der Waals surface area contributed by atoms with Gasteiger partial charge in [0.2, 0.25) is 5.88 Å². The summed E-state index contributed by atoms with van der Waals surface area (Å²) < 4.78 is 5.89. The smallest absolute Gasteiger partial charge is 0.233 e. The molecule has 3 rings (SSSR count). The molecule has 0 saturated carbocycles. The van der Waals surface area contributed by atoms with Crippen LogP contribution in [0.2, 0.25) is 0 Å². The predicted octanol–water partition coefficient (Wildman–Crippen LogP) is 2.38. The Morgan fingerprint density at radius 1 is 1.23 bits per heavy atom. The van der Waals surface area contributed by atoms with Crippen molar-refractivity contribution in [1.82, 2.24) is 15.0 Å². The maximum absolute atomic E-state index is 5.89. The van der Waals surface area contributed by atoms with Crippen molar-refractivity contribution in [3.05, 3.63) is 48.5 Å². The van der Waals surface area contributed by atoms with Crippen molar-refractivity contribution in [3.8, 4) is 11.6 Å². The zero-order valence-electron chi connectivity index (χ0n) is 11.8. The van der Waals surface area contributed by atoms with Crippen LogP contribution in [0, 0.1) is 0 Å². The summed E-state index contributed by atoms with van der Waals surface area (Å²) in [5, 5.41) is 5.58. The van der Waals surface area contributed by atoms with Gasteiger partial charge in [0.1, 0.15) is 30.6 Å². The summed E-state index contributed by atoms with van der Waals surface area (Å²) in [6.07, 6.45) is 6.22. The first-order valence-corrected chi connectivity index (χ1v) is 6.47. The van der Waals surface area contributed by atoms with Crippen LogP contribution in [0.1, 0.15) is 5.56 Å². The van der Waals surface area contributed by atoms with Gasteiger partial charge in [-0.2, -0.15) is 0 Å². The number of aromatic nitrogens is 3. The minimum Gasteiger partial charge on any atom is -0.437 e. The molecular formula is C15H13N5O2. The molecule has 0 unspecified atom stereocenters. The van der Waals surface area contributed by atoms with Gasteiger partial charge in [0.05, 0.1) is 6.21 Å². The number of nitrogen functional groups attached to an aromatic ring is 1. The first kappa shape index (κ1) is 13.7. The van der Waals surface area contributed by atoms with Crippen molar-refractivity contribution >= 4 is 22.8 Å². The summed E-state index contributed by atoms with van der Waals surface area (Å²) >= 11 is 0. The second kappa shape index (κ2) is 6.04. The molecule has 22 heavy (non-hydrogen) atoms. The van der Waals surface area contributed by atoms with Gasteiger partial charge < -0.3 is 15.3 Å². The van der Waals surface area contributed by atoms with Gasteiger partial charge in [-0.05, 0) is 12.1 Å². The first-order valence-electron chi connectivity index (χ1n) is 6.47. The Morgan fingerprint density at radius 2 is 2.14 bits per heavy atom. The van der Waals surface area contributed by atoms with Gasteiger partial charge in [-0.25, -0.2) is 9.97 Å². The van der Waals surface area contributed by atoms with Gasteiger partial charge >= 0.3 is 0 Å². The van der Waals surface area contributed by atoms with E-state index in [4.69, 9.17) is 10.5 Å². The molecule has 0 bridgehead atoms. The number of rotatable bonds is 4. The number of ether oxygens (including phenoxy) is 1. The number of anilines is 1. The van der Waals surface area contributed by atoms with Gasteiger partial charge in [0, 0.05) is 23.2 Å². The molecule has 7 heteroatoms. The number of oxime groups is 1. The summed E-state index contributed by atoms with van der Waals surface area (Å²) in [5.74, 6) is 1.20. The number of hydrogen-bond acceptors (Lipinski definition) is 7. The number of fused-ring (bicyclic) bond motifs is 1. The molecule has 0 radical (unpaired) electrons. The van der Waals surface area contributed by atoms with Crippen LogP contribution in [0.25, 0.3) is 10.8 Å². The summed E-state index contributed by atoms with van der Waals surface area (Å²) in [5.41, 5.74) is 6.29. The van der Waals surface area contributed by atoms with Crippen LogP contribution < -0.4 is 10.5 Å². The Hall–Kier alpha value is -3.22. The number of pyridine rings is 1. The molecule has 0 amide bonds. The number of nitrogens with zero attached hydrogens (tertiary/aromatic N) is 4. The van der Waals surface area contributed by atoms with Crippen molar-refractivity contribution in [2.24, 2.45) is 5.16 Å². The summed E-state index contributed by atoms with van der Waals surface area (Å²) in [6.45, 7) is 0. The molecular weight excluding hydrogens is 282 g/mol. The lowest BCUT2D eigenvalue weighted by atomic mass is 10.1. The highest BCUT2D eigenvalue weighted by atomic mass is 16.6. The average molecular weight is 295 g/mol. The molecule has 0 fully saturated rings. The summed E-state index contributed by atoms with van der Waals surface area (Å²) in [6, 6.07) is 7.56. The normalized spacial score (nSPS) is 11.0. The van der Waals surface area contributed by atoms with Crippen LogP contribution in [0.5, 0.6) is 11.6 Å². The lowest BCUT2D eigenvalue weighted by Gasteiger charge is -2.10. The Kier molecular flexibility index (Phi) is 3.78. The lowest BCUT2D eigenvalue weighted by Crippen LogP contribution is -2.02. The molecule has 0 spiro atoms. The van der Waals surface area contributed by atoms with Gasteiger partial charge in [-0.1, -0.05) is 17.3 Å². The standard InChI is InChI=1S/C15H13N5O2/c1-21-20-8-12-14(16)18-9-19-15(12)22-13-4-2-3-10-7-17-6-5-11(10)13/h2-9H,1H3,(H2,16,18,19)/b20-8+. The highest BCUT2D eigenvalue weighted by Gasteiger charge is 2.11. The van der Waals surface area contributed by atoms with Crippen LogP contribution in [0.3, 0.4) is 0 Å². The molecule has 110 valence electrons. The zero-order valence-corrected chi connectivity index (χ0v) is 11.8. The molecule has 1 aromatic carbocycles. The van der Waals surface area contributed by atoms with Crippen LogP contribution >= 0.6 is 0 Å². The van der Waals surface area contributed by atoms with Gasteiger partial charge in [-0.15, -0.1) is 0 Å². The van der Waals surface area contributed by atoms with E-state index < -0.39 is 0 Å². The fraction of sp³-hybridized carbons (Fsp3) is 0.0667. The minimum atomic E-state index is 0.257. The average Bonchev–Trinajstić information content (AvgIpc) is 2.55. The predicted molar refractivity (Wildman–Crippen MR) is 82.9 cm³/mol. The van der Waals surface area contributed by atoms with Crippen LogP contribution in [-0.4, -0.2) is 28.3 Å². The van der Waals surface area contributed by atoms with Crippen LogP contribution in [0.4, 0.5) is 5.82 Å². The van der Waals surface area contributed by atoms with E-state index in [1.54, 1.807) is 12.4 Å². The molecule has 0 saturated heterocycles. The fourth-order valence-corrected chi connectivity index (χ4v) is 1.99. The molecule has 7 nitrogen and oxygen atoms in total. The molecule has 0 atom stereocenters. The maximum atomic E-state index is 5.89. The molecule has 2 heterocycles. The molecule has 0 aliphatic carbocycles. The number of nitrogens with two attached hydrogens (primary N) is 1. The van der Waals surface area contributed by atoms with E-state index in [9.17, 15) is 0 Å². The number of hydrogen-bond donors (Lipinski definition) is 1. The second-order valence-corrected chi connectivity index (χ2v) is 4.35. The fourth-order valence-electron chi connectivity index (χ4n) is 1.99. The third-order valence-corrected chi connectivity index (χ3v) is 3.01. The van der Waals surface area contributed by atoms with E-state index in [1.807, 2.05) is 24.3 Å². The van der Waals surface area contributed by atoms with E-state index in [1.165, 1.54) is 19.7 Å². The van der Waals surface area contributed by atoms with Crippen molar-refractivity contribution in [2.45, 2.75) is 0 Å².